The van der Waals surface area contributed by atoms with Crippen LogP contribution in [-0.4, -0.2) is 59.6 Å². The Bertz CT molecular complexity index is 1500. The van der Waals surface area contributed by atoms with E-state index in [1.54, 1.807) is 24.3 Å². The Morgan fingerprint density at radius 2 is 2.00 bits per heavy atom. The molecule has 6 rings (SSSR count). The van der Waals surface area contributed by atoms with Crippen LogP contribution >= 0.6 is 11.3 Å². The number of nitrogens with one attached hydrogen (secondary N) is 1. The maximum atomic E-state index is 14.1. The predicted molar refractivity (Wildman–Crippen MR) is 139 cm³/mol. The van der Waals surface area contributed by atoms with Gasteiger partial charge in [-0.1, -0.05) is 40.8 Å². The zero-order chi connectivity index (χ0) is 25.7. The van der Waals surface area contributed by atoms with Crippen LogP contribution < -0.4 is 10.2 Å². The quantitative estimate of drug-likeness (QED) is 0.401. The number of nitrogens with zero attached hydrogens (tertiary/aromatic N) is 4. The predicted octanol–water partition coefficient (Wildman–Crippen LogP) is 4.58. The molecule has 1 N–H and O–H groups in total. The van der Waals surface area contributed by atoms with Gasteiger partial charge in [0.15, 0.2) is 16.4 Å². The largest absolute Gasteiger partial charge is 0.355 e. The van der Waals surface area contributed by atoms with E-state index in [1.165, 1.54) is 23.5 Å². The number of hydrogen-bond donors (Lipinski definition) is 1. The second-order valence-corrected chi connectivity index (χ2v) is 10.8. The molecule has 37 heavy (non-hydrogen) atoms. The first-order chi connectivity index (χ1) is 17.9. The number of anilines is 1. The SMILES string of the molecule is CN(C)c1nc(C(=O)N2[C@@H]3CC[C@@H](C3)[C@H]2CNC(=O)c2noc3ccccc23)c(-c2cccc(F)c2)s1. The minimum atomic E-state index is -0.364. The van der Waals surface area contributed by atoms with E-state index in [1.807, 2.05) is 36.0 Å². The van der Waals surface area contributed by atoms with Gasteiger partial charge in [-0.2, -0.15) is 0 Å². The first-order valence-electron chi connectivity index (χ1n) is 12.3. The second-order valence-electron chi connectivity index (χ2n) is 9.82. The summed E-state index contributed by atoms with van der Waals surface area (Å²) in [7, 11) is 3.73. The molecule has 2 aromatic carbocycles. The number of hydrogen-bond acceptors (Lipinski definition) is 7. The topological polar surface area (TPSA) is 91.6 Å². The number of carbonyl (C=O) groups excluding carboxylic acids is 2. The van der Waals surface area contributed by atoms with Crippen molar-refractivity contribution in [2.24, 2.45) is 5.92 Å². The summed E-state index contributed by atoms with van der Waals surface area (Å²) in [6, 6.07) is 13.4. The monoisotopic (exact) mass is 519 g/mol. The third kappa shape index (κ3) is 4.15. The number of fused-ring (bicyclic) bond motifs is 3. The molecule has 8 nitrogen and oxygen atoms in total. The molecule has 2 amide bonds. The summed E-state index contributed by atoms with van der Waals surface area (Å²) in [5.74, 6) is -0.573. The van der Waals surface area contributed by atoms with Crippen LogP contribution in [0.1, 0.15) is 40.2 Å². The zero-order valence-corrected chi connectivity index (χ0v) is 21.3. The molecule has 3 heterocycles. The summed E-state index contributed by atoms with van der Waals surface area (Å²) in [6.07, 6.45) is 2.84. The van der Waals surface area contributed by atoms with Gasteiger partial charge in [-0.05, 0) is 55.0 Å². The van der Waals surface area contributed by atoms with E-state index in [9.17, 15) is 14.0 Å². The van der Waals surface area contributed by atoms with Crippen LogP contribution in [0.2, 0.25) is 0 Å². The highest BCUT2D eigenvalue weighted by Gasteiger charge is 2.49. The van der Waals surface area contributed by atoms with Crippen molar-refractivity contribution < 1.29 is 18.5 Å². The highest BCUT2D eigenvalue weighted by Crippen LogP contribution is 2.44. The molecule has 190 valence electrons. The van der Waals surface area contributed by atoms with Crippen molar-refractivity contribution in [2.75, 3.05) is 25.5 Å². The number of para-hydroxylation sites is 1. The standard InChI is InChI=1S/C27H26FN5O3S/c1-32(2)27-30-23(24(37-27)16-6-5-7-17(28)12-16)26(35)33-18-11-10-15(13-18)20(33)14-29-25(34)22-19-8-3-4-9-21(19)36-31-22/h3-9,12,15,18,20H,10-11,13-14H2,1-2H3,(H,29,34)/t15-,18+,20+/m0/s1. The fourth-order valence-electron chi connectivity index (χ4n) is 5.60. The van der Waals surface area contributed by atoms with Crippen molar-refractivity contribution in [3.8, 4) is 10.4 Å². The molecule has 1 saturated heterocycles. The Labute approximate surface area is 217 Å². The number of piperidine rings is 1. The molecular weight excluding hydrogens is 493 g/mol. The lowest BCUT2D eigenvalue weighted by Gasteiger charge is -2.35. The summed E-state index contributed by atoms with van der Waals surface area (Å²) in [5.41, 5.74) is 1.74. The van der Waals surface area contributed by atoms with Crippen LogP contribution in [0, 0.1) is 11.7 Å². The second kappa shape index (κ2) is 9.26. The Morgan fingerprint density at radius 3 is 2.81 bits per heavy atom. The molecule has 2 fully saturated rings. The number of likely N-dealkylation sites (tertiary alicyclic amines) is 1. The number of benzene rings is 2. The molecule has 1 aliphatic carbocycles. The van der Waals surface area contributed by atoms with E-state index in [-0.39, 0.29) is 35.4 Å². The van der Waals surface area contributed by atoms with Crippen LogP contribution in [0.5, 0.6) is 0 Å². The minimum absolute atomic E-state index is 0.0946. The van der Waals surface area contributed by atoms with Gasteiger partial charge in [-0.15, -0.1) is 0 Å². The van der Waals surface area contributed by atoms with Crippen LogP contribution in [0.25, 0.3) is 21.4 Å². The highest BCUT2D eigenvalue weighted by molar-refractivity contribution is 7.19. The van der Waals surface area contributed by atoms with Gasteiger partial charge >= 0.3 is 0 Å². The molecule has 1 aliphatic heterocycles. The molecule has 0 unspecified atom stereocenters. The summed E-state index contributed by atoms with van der Waals surface area (Å²) < 4.78 is 19.3. The molecule has 3 atom stereocenters. The van der Waals surface area contributed by atoms with Crippen molar-refractivity contribution >= 4 is 39.3 Å². The number of amides is 2. The molecular formula is C27H26FN5O3S. The molecule has 2 aromatic heterocycles. The van der Waals surface area contributed by atoms with Gasteiger partial charge in [0, 0.05) is 26.7 Å². The number of thiazole rings is 1. The first kappa shape index (κ1) is 23.6. The van der Waals surface area contributed by atoms with Crippen molar-refractivity contribution in [3.63, 3.8) is 0 Å². The highest BCUT2D eigenvalue weighted by atomic mass is 32.1. The normalized spacial score (nSPS) is 20.5. The zero-order valence-electron chi connectivity index (χ0n) is 20.5. The Morgan fingerprint density at radius 1 is 1.16 bits per heavy atom. The molecule has 4 aromatic rings. The van der Waals surface area contributed by atoms with E-state index >= 15 is 0 Å². The summed E-state index contributed by atoms with van der Waals surface area (Å²) in [5, 5.41) is 8.26. The Kier molecular flexibility index (Phi) is 5.91. The molecule has 2 bridgehead atoms. The number of carbonyl (C=O) groups is 2. The molecule has 1 saturated carbocycles. The van der Waals surface area contributed by atoms with E-state index in [2.05, 4.69) is 15.5 Å². The third-order valence-electron chi connectivity index (χ3n) is 7.33. The molecule has 0 spiro atoms. The molecule has 0 radical (unpaired) electrons. The number of aromatic nitrogens is 2. The lowest BCUT2D eigenvalue weighted by Crippen LogP contribution is -2.50. The van der Waals surface area contributed by atoms with Crippen LogP contribution in [-0.2, 0) is 0 Å². The minimum Gasteiger partial charge on any atom is -0.355 e. The summed E-state index contributed by atoms with van der Waals surface area (Å²) in [4.78, 5) is 36.1. The molecule has 2 aliphatic rings. The van der Waals surface area contributed by atoms with Crippen molar-refractivity contribution in [1.82, 2.24) is 20.4 Å². The maximum absolute atomic E-state index is 14.1. The maximum Gasteiger partial charge on any atom is 0.274 e. The first-order valence-corrected chi connectivity index (χ1v) is 13.1. The number of halogens is 1. The van der Waals surface area contributed by atoms with Gasteiger partial charge in [0.2, 0.25) is 0 Å². The van der Waals surface area contributed by atoms with E-state index < -0.39 is 0 Å². The van der Waals surface area contributed by atoms with Gasteiger partial charge in [0.1, 0.15) is 11.5 Å². The van der Waals surface area contributed by atoms with Crippen molar-refractivity contribution in [3.05, 3.63) is 65.7 Å². The van der Waals surface area contributed by atoms with Crippen LogP contribution in [0.3, 0.4) is 0 Å². The average Bonchev–Trinajstić information content (AvgIpc) is 3.68. The van der Waals surface area contributed by atoms with Crippen molar-refractivity contribution in [2.45, 2.75) is 31.3 Å². The van der Waals surface area contributed by atoms with Gasteiger partial charge in [0.05, 0.1) is 16.3 Å². The van der Waals surface area contributed by atoms with E-state index in [0.29, 0.717) is 44.7 Å². The van der Waals surface area contributed by atoms with Crippen molar-refractivity contribution in [1.29, 1.82) is 0 Å². The summed E-state index contributed by atoms with van der Waals surface area (Å²) >= 11 is 1.37. The van der Waals surface area contributed by atoms with Gasteiger partial charge in [-0.25, -0.2) is 9.37 Å². The van der Waals surface area contributed by atoms with E-state index in [0.717, 1.165) is 19.3 Å². The van der Waals surface area contributed by atoms with Gasteiger partial charge < -0.3 is 19.6 Å². The fraction of sp³-hybridized carbons (Fsp3) is 0.333. The van der Waals surface area contributed by atoms with Gasteiger partial charge in [-0.3, -0.25) is 9.59 Å². The fourth-order valence-corrected chi connectivity index (χ4v) is 6.57. The summed E-state index contributed by atoms with van der Waals surface area (Å²) in [6.45, 7) is 0.312. The third-order valence-corrected chi connectivity index (χ3v) is 8.60. The van der Waals surface area contributed by atoms with E-state index in [4.69, 9.17) is 4.52 Å². The van der Waals surface area contributed by atoms with Crippen LogP contribution in [0.4, 0.5) is 9.52 Å². The Balaban J connectivity index is 1.28. The molecule has 10 heteroatoms. The van der Waals surface area contributed by atoms with Crippen LogP contribution in [0.15, 0.2) is 53.1 Å². The average molecular weight is 520 g/mol. The Hall–Kier alpha value is -3.79. The van der Waals surface area contributed by atoms with Gasteiger partial charge in [0.25, 0.3) is 11.8 Å². The lowest BCUT2D eigenvalue weighted by molar-refractivity contribution is 0.0577. The lowest BCUT2D eigenvalue weighted by atomic mass is 9.98. The number of rotatable bonds is 6. The smallest absolute Gasteiger partial charge is 0.274 e.